The maximum atomic E-state index is 13.0. The minimum Gasteiger partial charge on any atom is -0.466 e. The Hall–Kier alpha value is -5.25. The third kappa shape index (κ3) is 7.37. The normalized spacial score (nSPS) is 10.4. The van der Waals surface area contributed by atoms with Gasteiger partial charge in [0.2, 0.25) is 0 Å². The zero-order valence-electron chi connectivity index (χ0n) is 20.6. The first kappa shape index (κ1) is 27.3. The molecule has 0 saturated heterocycles. The number of hydrogen-bond acceptors (Lipinski definition) is 10. The van der Waals surface area contributed by atoms with Crippen molar-refractivity contribution in [3.05, 3.63) is 89.5 Å². The van der Waals surface area contributed by atoms with Crippen molar-refractivity contribution in [1.29, 1.82) is 0 Å². The maximum Gasteiger partial charge on any atom is 0.347 e. The van der Waals surface area contributed by atoms with Gasteiger partial charge in [-0.15, -0.1) is 0 Å². The largest absolute Gasteiger partial charge is 0.466 e. The summed E-state index contributed by atoms with van der Waals surface area (Å²) in [6.07, 6.45) is 2.55. The van der Waals surface area contributed by atoms with E-state index in [9.17, 15) is 24.0 Å². The molecular formula is C28H22O10. The van der Waals surface area contributed by atoms with E-state index in [2.05, 4.69) is 4.74 Å². The van der Waals surface area contributed by atoms with Crippen molar-refractivity contribution in [2.45, 2.75) is 13.8 Å². The molecule has 10 nitrogen and oxygen atoms in total. The highest BCUT2D eigenvalue weighted by molar-refractivity contribution is 5.97. The van der Waals surface area contributed by atoms with Gasteiger partial charge in [0.15, 0.2) is 11.5 Å². The predicted octanol–water partition coefficient (Wildman–Crippen LogP) is 4.16. The Morgan fingerprint density at radius 3 is 1.61 bits per heavy atom. The van der Waals surface area contributed by atoms with Crippen molar-refractivity contribution in [1.82, 2.24) is 0 Å². The summed E-state index contributed by atoms with van der Waals surface area (Å²) < 4.78 is 25.7. The lowest BCUT2D eigenvalue weighted by Gasteiger charge is -2.14. The van der Waals surface area contributed by atoms with Crippen LogP contribution in [-0.2, 0) is 19.1 Å². The smallest absolute Gasteiger partial charge is 0.347 e. The first-order valence-corrected chi connectivity index (χ1v) is 11.1. The second-order valence-electron chi connectivity index (χ2n) is 7.52. The third-order valence-corrected chi connectivity index (χ3v) is 4.71. The molecule has 0 unspecified atom stereocenters. The number of esters is 5. The molecule has 0 aliphatic heterocycles. The molecule has 0 aromatic heterocycles. The summed E-state index contributed by atoms with van der Waals surface area (Å²) in [7, 11) is 1.22. The van der Waals surface area contributed by atoms with Gasteiger partial charge in [0.1, 0.15) is 22.6 Å². The summed E-state index contributed by atoms with van der Waals surface area (Å²) in [5, 5.41) is 0. The van der Waals surface area contributed by atoms with Crippen LogP contribution in [0.4, 0.5) is 0 Å². The van der Waals surface area contributed by atoms with Gasteiger partial charge in [0.25, 0.3) is 0 Å². The summed E-state index contributed by atoms with van der Waals surface area (Å²) in [5.74, 6) is -4.06. The molecule has 0 N–H and O–H groups in total. The van der Waals surface area contributed by atoms with Gasteiger partial charge in [0.05, 0.1) is 7.11 Å². The Morgan fingerprint density at radius 2 is 1.11 bits per heavy atom. The maximum absolute atomic E-state index is 13.0. The van der Waals surface area contributed by atoms with Gasteiger partial charge in [0, 0.05) is 19.9 Å². The fourth-order valence-electron chi connectivity index (χ4n) is 3.09. The zero-order valence-corrected chi connectivity index (χ0v) is 20.6. The van der Waals surface area contributed by atoms with Gasteiger partial charge in [-0.05, 0) is 48.0 Å². The van der Waals surface area contributed by atoms with E-state index >= 15 is 0 Å². The molecule has 3 aromatic rings. The monoisotopic (exact) mass is 518 g/mol. The molecule has 0 atom stereocenters. The van der Waals surface area contributed by atoms with Gasteiger partial charge in [-0.1, -0.05) is 30.3 Å². The summed E-state index contributed by atoms with van der Waals surface area (Å²) >= 11 is 0. The van der Waals surface area contributed by atoms with E-state index in [1.54, 1.807) is 24.3 Å². The predicted molar refractivity (Wildman–Crippen MR) is 133 cm³/mol. The highest BCUT2D eigenvalue weighted by Crippen LogP contribution is 2.32. The molecule has 10 heteroatoms. The fourth-order valence-corrected chi connectivity index (χ4v) is 3.09. The van der Waals surface area contributed by atoms with Crippen molar-refractivity contribution in [2.75, 3.05) is 7.11 Å². The van der Waals surface area contributed by atoms with Crippen LogP contribution in [-0.4, -0.2) is 37.0 Å². The van der Waals surface area contributed by atoms with Crippen LogP contribution >= 0.6 is 0 Å². The van der Waals surface area contributed by atoms with Gasteiger partial charge in [-0.2, -0.15) is 0 Å². The molecule has 0 spiro atoms. The summed E-state index contributed by atoms with van der Waals surface area (Å²) in [4.78, 5) is 60.3. The first-order chi connectivity index (χ1) is 18.2. The second kappa shape index (κ2) is 12.6. The molecule has 3 rings (SSSR count). The van der Waals surface area contributed by atoms with E-state index in [1.807, 2.05) is 0 Å². The Bertz CT molecular complexity index is 1420. The molecule has 0 aliphatic carbocycles. The van der Waals surface area contributed by atoms with E-state index in [1.165, 1.54) is 69.5 Å². The highest BCUT2D eigenvalue weighted by atomic mass is 16.6. The second-order valence-corrected chi connectivity index (χ2v) is 7.52. The Labute approximate surface area is 217 Å². The molecule has 0 saturated carbocycles. The van der Waals surface area contributed by atoms with Gasteiger partial charge in [-0.25, -0.2) is 14.4 Å². The number of carbonyl (C=O) groups excluding carboxylic acids is 5. The summed E-state index contributed by atoms with van der Waals surface area (Å²) in [6.45, 7) is 2.37. The van der Waals surface area contributed by atoms with E-state index in [4.69, 9.17) is 18.9 Å². The molecule has 0 radical (unpaired) electrons. The van der Waals surface area contributed by atoms with E-state index in [0.717, 1.165) is 6.08 Å². The minimum absolute atomic E-state index is 0.0171. The van der Waals surface area contributed by atoms with Crippen LogP contribution in [0.2, 0.25) is 0 Å². The molecule has 0 fully saturated rings. The van der Waals surface area contributed by atoms with Crippen molar-refractivity contribution >= 4 is 35.9 Å². The molecule has 38 heavy (non-hydrogen) atoms. The summed E-state index contributed by atoms with van der Waals surface area (Å²) in [5.41, 5.74) is 0.303. The van der Waals surface area contributed by atoms with Crippen molar-refractivity contribution in [3.8, 4) is 23.0 Å². The number of methoxy groups -OCH3 is 1. The molecule has 194 valence electrons. The number of benzene rings is 3. The van der Waals surface area contributed by atoms with Crippen molar-refractivity contribution < 1.29 is 47.7 Å². The molecule has 0 heterocycles. The van der Waals surface area contributed by atoms with Crippen LogP contribution in [0.1, 0.15) is 40.1 Å². The number of carbonyl (C=O) groups is 5. The zero-order chi connectivity index (χ0) is 27.7. The highest BCUT2D eigenvalue weighted by Gasteiger charge is 2.22. The Balaban J connectivity index is 1.98. The molecule has 3 aromatic carbocycles. The number of hydrogen-bond donors (Lipinski definition) is 0. The van der Waals surface area contributed by atoms with Crippen LogP contribution in [0.3, 0.4) is 0 Å². The lowest BCUT2D eigenvalue weighted by atomic mass is 10.1. The fraction of sp³-hybridized carbons (Fsp3) is 0.107. The molecule has 0 aliphatic rings. The van der Waals surface area contributed by atoms with E-state index in [-0.39, 0.29) is 34.1 Å². The average molecular weight is 518 g/mol. The van der Waals surface area contributed by atoms with E-state index in [0.29, 0.717) is 5.56 Å². The lowest BCUT2D eigenvalue weighted by molar-refractivity contribution is -0.135. The molecular weight excluding hydrogens is 496 g/mol. The standard InChI is InChI=1S/C28H22O10/c1-17(29)35-22-10-6-4-8-20(22)27(32)37-24-14-12-19(13-15-26(31)34-3)16-25(24)38-28(33)21-9-5-7-11-23(21)36-18(2)30/h4-16H,1-3H3/b15-13+. The Kier molecular flexibility index (Phi) is 9.09. The van der Waals surface area contributed by atoms with Crippen molar-refractivity contribution in [3.63, 3.8) is 0 Å². The van der Waals surface area contributed by atoms with E-state index < -0.39 is 29.8 Å². The average Bonchev–Trinajstić information content (AvgIpc) is 2.88. The number of para-hydroxylation sites is 2. The van der Waals surface area contributed by atoms with Crippen LogP contribution in [0.15, 0.2) is 72.8 Å². The van der Waals surface area contributed by atoms with Gasteiger partial charge in [-0.3, -0.25) is 9.59 Å². The van der Waals surface area contributed by atoms with Crippen molar-refractivity contribution in [2.24, 2.45) is 0 Å². The first-order valence-electron chi connectivity index (χ1n) is 11.1. The van der Waals surface area contributed by atoms with Crippen LogP contribution in [0.5, 0.6) is 23.0 Å². The van der Waals surface area contributed by atoms with Crippen LogP contribution < -0.4 is 18.9 Å². The number of rotatable bonds is 8. The number of ether oxygens (including phenoxy) is 5. The lowest BCUT2D eigenvalue weighted by Crippen LogP contribution is -2.15. The quantitative estimate of drug-likeness (QED) is 0.243. The summed E-state index contributed by atoms with van der Waals surface area (Å²) in [6, 6.07) is 16.1. The Morgan fingerprint density at radius 1 is 0.605 bits per heavy atom. The van der Waals surface area contributed by atoms with Crippen LogP contribution in [0.25, 0.3) is 6.08 Å². The topological polar surface area (TPSA) is 132 Å². The van der Waals surface area contributed by atoms with Gasteiger partial charge < -0.3 is 23.7 Å². The molecule has 0 amide bonds. The minimum atomic E-state index is -0.909. The van der Waals surface area contributed by atoms with Crippen LogP contribution in [0, 0.1) is 0 Å². The third-order valence-electron chi connectivity index (χ3n) is 4.71. The van der Waals surface area contributed by atoms with Gasteiger partial charge >= 0.3 is 29.8 Å². The molecule has 0 bridgehead atoms. The SMILES string of the molecule is COC(=O)/C=C/c1ccc(OC(=O)c2ccccc2OC(C)=O)c(OC(=O)c2ccccc2OC(C)=O)c1.